The minimum Gasteiger partial charge on any atom is -0.455 e. The van der Waals surface area contributed by atoms with Crippen LogP contribution in [0.4, 0.5) is 5.13 Å². The van der Waals surface area contributed by atoms with Gasteiger partial charge in [-0.1, -0.05) is 11.6 Å². The molecule has 0 spiro atoms. The van der Waals surface area contributed by atoms with Crippen LogP contribution in [-0.4, -0.2) is 23.2 Å². The predicted molar refractivity (Wildman–Crippen MR) is 118 cm³/mol. The molecule has 0 bridgehead atoms. The van der Waals surface area contributed by atoms with E-state index in [-0.39, 0.29) is 21.3 Å². The molecule has 4 rings (SSSR count). The molecule has 0 unspecified atom stereocenters. The second kappa shape index (κ2) is 8.39. The summed E-state index contributed by atoms with van der Waals surface area (Å²) in [5, 5.41) is 16.2. The number of nitrogens with zero attached hydrogens (tertiary/aromatic N) is 4. The molecule has 2 aromatic carbocycles. The van der Waals surface area contributed by atoms with Crippen LogP contribution in [0, 0.1) is 11.3 Å². The summed E-state index contributed by atoms with van der Waals surface area (Å²) in [6.07, 6.45) is 3.14. The normalized spacial score (nSPS) is 11.1. The third-order valence-electron chi connectivity index (χ3n) is 4.29. The van der Waals surface area contributed by atoms with E-state index < -0.39 is 10.0 Å². The maximum atomic E-state index is 12.6. The van der Waals surface area contributed by atoms with E-state index in [0.717, 1.165) is 17.0 Å². The highest BCUT2D eigenvalue weighted by atomic mass is 35.5. The molecule has 4 aromatic rings. The van der Waals surface area contributed by atoms with Crippen molar-refractivity contribution >= 4 is 38.1 Å². The van der Waals surface area contributed by atoms with Gasteiger partial charge in [0.25, 0.3) is 10.0 Å². The molecule has 0 saturated carbocycles. The molecule has 0 aliphatic rings. The van der Waals surface area contributed by atoms with Crippen molar-refractivity contribution in [1.82, 2.24) is 14.8 Å². The van der Waals surface area contributed by atoms with Crippen molar-refractivity contribution in [2.45, 2.75) is 4.90 Å². The highest BCUT2D eigenvalue weighted by Crippen LogP contribution is 2.36. The third-order valence-corrected chi connectivity index (χ3v) is 6.68. The number of ether oxygens (including phenoxy) is 1. The molecule has 11 heteroatoms. The average Bonchev–Trinajstić information content (AvgIpc) is 3.40. The molecular formula is C20H14ClN5O3S2. The number of nitrogens with one attached hydrogen (secondary N) is 1. The van der Waals surface area contributed by atoms with Crippen molar-refractivity contribution in [3.05, 3.63) is 70.8 Å². The number of thiazole rings is 1. The molecule has 2 heterocycles. The van der Waals surface area contributed by atoms with Gasteiger partial charge in [0, 0.05) is 35.4 Å². The van der Waals surface area contributed by atoms with Crippen LogP contribution in [0.1, 0.15) is 5.56 Å². The first-order valence-electron chi connectivity index (χ1n) is 8.79. The van der Waals surface area contributed by atoms with Gasteiger partial charge in [-0.3, -0.25) is 9.40 Å². The molecule has 156 valence electrons. The van der Waals surface area contributed by atoms with Crippen LogP contribution in [0.2, 0.25) is 5.02 Å². The Hall–Kier alpha value is -3.39. The van der Waals surface area contributed by atoms with E-state index in [9.17, 15) is 13.7 Å². The largest absolute Gasteiger partial charge is 0.455 e. The number of aryl methyl sites for hydroxylation is 1. The van der Waals surface area contributed by atoms with Crippen LogP contribution in [0.3, 0.4) is 0 Å². The monoisotopic (exact) mass is 471 g/mol. The van der Waals surface area contributed by atoms with E-state index in [1.807, 2.05) is 12.1 Å². The summed E-state index contributed by atoms with van der Waals surface area (Å²) < 4.78 is 35.2. The first-order chi connectivity index (χ1) is 14.9. The lowest BCUT2D eigenvalue weighted by Gasteiger charge is -2.14. The van der Waals surface area contributed by atoms with E-state index in [2.05, 4.69) is 14.8 Å². The quantitative estimate of drug-likeness (QED) is 0.438. The van der Waals surface area contributed by atoms with Crippen molar-refractivity contribution in [1.29, 1.82) is 5.26 Å². The average molecular weight is 472 g/mol. The molecule has 0 aliphatic carbocycles. The maximum absolute atomic E-state index is 12.6. The van der Waals surface area contributed by atoms with Gasteiger partial charge >= 0.3 is 0 Å². The van der Waals surface area contributed by atoms with E-state index in [4.69, 9.17) is 16.3 Å². The minimum absolute atomic E-state index is 0.0629. The number of anilines is 1. The van der Waals surface area contributed by atoms with Gasteiger partial charge in [0.15, 0.2) is 5.13 Å². The van der Waals surface area contributed by atoms with Gasteiger partial charge in [-0.05, 0) is 42.5 Å². The molecule has 31 heavy (non-hydrogen) atoms. The molecule has 0 atom stereocenters. The summed E-state index contributed by atoms with van der Waals surface area (Å²) in [6.45, 7) is 0. The van der Waals surface area contributed by atoms with Gasteiger partial charge in [0.1, 0.15) is 17.6 Å². The van der Waals surface area contributed by atoms with Crippen LogP contribution in [0.15, 0.2) is 65.1 Å². The summed E-state index contributed by atoms with van der Waals surface area (Å²) >= 11 is 7.31. The second-order valence-electron chi connectivity index (χ2n) is 6.30. The van der Waals surface area contributed by atoms with E-state index >= 15 is 0 Å². The number of rotatable bonds is 6. The van der Waals surface area contributed by atoms with Gasteiger partial charge in [-0.2, -0.15) is 10.4 Å². The number of sulfonamides is 1. The number of hydrogen-bond acceptors (Lipinski definition) is 7. The lowest BCUT2D eigenvalue weighted by molar-refractivity contribution is 0.481. The Morgan fingerprint density at radius 1 is 1.16 bits per heavy atom. The Morgan fingerprint density at radius 2 is 1.97 bits per heavy atom. The van der Waals surface area contributed by atoms with Crippen molar-refractivity contribution in [2.75, 3.05) is 4.72 Å². The number of aromatic nitrogens is 3. The van der Waals surface area contributed by atoms with Crippen molar-refractivity contribution < 1.29 is 13.2 Å². The molecule has 0 aliphatic heterocycles. The highest BCUT2D eigenvalue weighted by molar-refractivity contribution is 7.93. The molecule has 2 aromatic heterocycles. The van der Waals surface area contributed by atoms with Gasteiger partial charge in [-0.15, -0.1) is 11.3 Å². The second-order valence-corrected chi connectivity index (χ2v) is 9.31. The fraction of sp³-hybridized carbons (Fsp3) is 0.0500. The molecule has 0 amide bonds. The van der Waals surface area contributed by atoms with Crippen molar-refractivity contribution in [3.63, 3.8) is 0 Å². The molecule has 1 N–H and O–H groups in total. The van der Waals surface area contributed by atoms with Gasteiger partial charge in [0.05, 0.1) is 16.2 Å². The summed E-state index contributed by atoms with van der Waals surface area (Å²) in [5.41, 5.74) is 1.51. The highest BCUT2D eigenvalue weighted by Gasteiger charge is 2.19. The zero-order valence-electron chi connectivity index (χ0n) is 16.0. The zero-order valence-corrected chi connectivity index (χ0v) is 18.4. The van der Waals surface area contributed by atoms with Gasteiger partial charge in [0.2, 0.25) is 0 Å². The number of benzene rings is 2. The molecular weight excluding hydrogens is 458 g/mol. The number of hydrogen-bond donors (Lipinski definition) is 1. The SMILES string of the molecule is Cn1nccc1-c1cc(Cl)ccc1Oc1ccc(S(=O)(=O)Nc2nccs2)cc1C#N. The molecule has 8 nitrogen and oxygen atoms in total. The zero-order chi connectivity index (χ0) is 22.0. The number of halogens is 1. The Kier molecular flexibility index (Phi) is 5.65. The van der Waals surface area contributed by atoms with Crippen LogP contribution >= 0.6 is 22.9 Å². The van der Waals surface area contributed by atoms with Gasteiger partial charge < -0.3 is 4.74 Å². The standard InChI is InChI=1S/C20H14ClN5O3S2/c1-26-17(6-7-24-26)16-11-14(21)2-4-19(16)29-18-5-3-15(10-13(18)12-22)31(27,28)25-20-23-8-9-30-20/h2-11H,1H3,(H,23,25). The summed E-state index contributed by atoms with van der Waals surface area (Å²) in [5.74, 6) is 0.655. The van der Waals surface area contributed by atoms with E-state index in [1.54, 1.807) is 41.5 Å². The summed E-state index contributed by atoms with van der Waals surface area (Å²) in [4.78, 5) is 3.84. The fourth-order valence-corrected chi connectivity index (χ4v) is 4.83. The summed E-state index contributed by atoms with van der Waals surface area (Å²) in [6, 6.07) is 12.9. The summed E-state index contributed by atoms with van der Waals surface area (Å²) in [7, 11) is -2.11. The Labute approximate surface area is 187 Å². The van der Waals surface area contributed by atoms with Crippen LogP contribution < -0.4 is 9.46 Å². The molecule has 0 fully saturated rings. The smallest absolute Gasteiger partial charge is 0.263 e. The van der Waals surface area contributed by atoms with Crippen molar-refractivity contribution in [3.8, 4) is 28.8 Å². The van der Waals surface area contributed by atoms with E-state index in [1.165, 1.54) is 24.4 Å². The predicted octanol–water partition coefficient (Wildman–Crippen LogP) is 4.66. The first-order valence-corrected chi connectivity index (χ1v) is 11.5. The third kappa shape index (κ3) is 4.39. The maximum Gasteiger partial charge on any atom is 0.263 e. The Morgan fingerprint density at radius 3 is 2.65 bits per heavy atom. The lowest BCUT2D eigenvalue weighted by atomic mass is 10.1. The Balaban J connectivity index is 1.70. The van der Waals surface area contributed by atoms with E-state index in [0.29, 0.717) is 16.3 Å². The lowest BCUT2D eigenvalue weighted by Crippen LogP contribution is -2.13. The van der Waals surface area contributed by atoms with Crippen LogP contribution in [0.5, 0.6) is 11.5 Å². The first kappa shape index (κ1) is 20.9. The topological polar surface area (TPSA) is 110 Å². The van der Waals surface area contributed by atoms with Gasteiger partial charge in [-0.25, -0.2) is 13.4 Å². The molecule has 0 radical (unpaired) electrons. The number of nitriles is 1. The Bertz CT molecular complexity index is 1390. The van der Waals surface area contributed by atoms with Crippen LogP contribution in [0.25, 0.3) is 11.3 Å². The molecule has 0 saturated heterocycles. The minimum atomic E-state index is -3.90. The van der Waals surface area contributed by atoms with Crippen LogP contribution in [-0.2, 0) is 17.1 Å². The van der Waals surface area contributed by atoms with Crippen molar-refractivity contribution in [2.24, 2.45) is 7.05 Å². The fourth-order valence-electron chi connectivity index (χ4n) is 2.85.